The number of para-hydroxylation sites is 1. The number of carbonyl (C=O) groups excluding carboxylic acids is 1. The van der Waals surface area contributed by atoms with E-state index >= 15 is 0 Å². The Morgan fingerprint density at radius 2 is 2.00 bits per heavy atom. The molecule has 2 aromatic rings. The predicted molar refractivity (Wildman–Crippen MR) is 86.3 cm³/mol. The van der Waals surface area contributed by atoms with Crippen molar-refractivity contribution in [2.24, 2.45) is 0 Å². The molecule has 0 aliphatic rings. The number of benzene rings is 1. The Morgan fingerprint density at radius 3 is 2.59 bits per heavy atom. The van der Waals surface area contributed by atoms with Crippen LogP contribution in [0.4, 0.5) is 0 Å². The van der Waals surface area contributed by atoms with Crippen molar-refractivity contribution in [3.63, 3.8) is 0 Å². The topological polar surface area (TPSA) is 61.6 Å². The first kappa shape index (κ1) is 16.5. The van der Waals surface area contributed by atoms with Crippen LogP contribution in [0.25, 0.3) is 11.3 Å². The average Bonchev–Trinajstić information content (AvgIpc) is 2.89. The summed E-state index contributed by atoms with van der Waals surface area (Å²) >= 11 is 3.30. The maximum Gasteiger partial charge on any atom is 0.344 e. The molecule has 5 nitrogen and oxygen atoms in total. The predicted octanol–water partition coefficient (Wildman–Crippen LogP) is 4.20. The molecule has 0 N–H and O–H groups in total. The van der Waals surface area contributed by atoms with Gasteiger partial charge in [0.2, 0.25) is 0 Å². The Balaban J connectivity index is 2.54. The van der Waals surface area contributed by atoms with E-state index in [9.17, 15) is 4.79 Å². The number of hydrogen-bond acceptors (Lipinski definition) is 5. The van der Waals surface area contributed by atoms with Crippen molar-refractivity contribution < 1.29 is 18.8 Å². The van der Waals surface area contributed by atoms with Gasteiger partial charge in [-0.15, -0.1) is 0 Å². The summed E-state index contributed by atoms with van der Waals surface area (Å²) in [7, 11) is 1.57. The van der Waals surface area contributed by atoms with Gasteiger partial charge in [-0.1, -0.05) is 33.2 Å². The number of esters is 1. The quantitative estimate of drug-likeness (QED) is 0.598. The molecule has 0 unspecified atom stereocenters. The maximum atomic E-state index is 12.5. The SMILES string of the molecule is COc1ccccc1-c1noc(CBr)c1C(=O)OC(C)(C)C. The Kier molecular flexibility index (Phi) is 4.90. The van der Waals surface area contributed by atoms with Gasteiger partial charge in [0, 0.05) is 5.56 Å². The molecular weight excluding hydrogens is 350 g/mol. The van der Waals surface area contributed by atoms with Crippen molar-refractivity contribution in [3.05, 3.63) is 35.6 Å². The molecule has 0 bridgehead atoms. The van der Waals surface area contributed by atoms with Crippen molar-refractivity contribution in [1.82, 2.24) is 5.16 Å². The van der Waals surface area contributed by atoms with Gasteiger partial charge in [-0.3, -0.25) is 0 Å². The second-order valence-electron chi connectivity index (χ2n) is 5.67. The van der Waals surface area contributed by atoms with Gasteiger partial charge < -0.3 is 14.0 Å². The molecule has 2 rings (SSSR count). The van der Waals surface area contributed by atoms with E-state index in [0.29, 0.717) is 33.7 Å². The van der Waals surface area contributed by atoms with Crippen molar-refractivity contribution in [3.8, 4) is 17.0 Å². The Bertz CT molecular complexity index is 673. The summed E-state index contributed by atoms with van der Waals surface area (Å²) in [4.78, 5) is 12.5. The summed E-state index contributed by atoms with van der Waals surface area (Å²) in [5.41, 5.74) is 0.815. The molecule has 0 fully saturated rings. The molecule has 0 radical (unpaired) electrons. The Labute approximate surface area is 137 Å². The van der Waals surface area contributed by atoms with Crippen LogP contribution in [0.2, 0.25) is 0 Å². The van der Waals surface area contributed by atoms with Crippen LogP contribution in [-0.4, -0.2) is 23.8 Å². The second kappa shape index (κ2) is 6.52. The lowest BCUT2D eigenvalue weighted by molar-refractivity contribution is 0.00685. The minimum Gasteiger partial charge on any atom is -0.496 e. The highest BCUT2D eigenvalue weighted by Gasteiger charge is 2.29. The van der Waals surface area contributed by atoms with E-state index in [1.807, 2.05) is 39.0 Å². The van der Waals surface area contributed by atoms with Crippen molar-refractivity contribution in [2.45, 2.75) is 31.7 Å². The third-order valence-corrected chi connectivity index (χ3v) is 3.36. The molecule has 0 spiro atoms. The standard InChI is InChI=1S/C16H18BrNO4/c1-16(2,3)21-15(19)13-12(9-17)22-18-14(13)10-7-5-6-8-11(10)20-4/h5-8H,9H2,1-4H3. The van der Waals surface area contributed by atoms with Gasteiger partial charge in [-0.25, -0.2) is 4.79 Å². The summed E-state index contributed by atoms with van der Waals surface area (Å²) in [5, 5.41) is 4.40. The molecular formula is C16H18BrNO4. The molecule has 0 amide bonds. The number of rotatable bonds is 4. The van der Waals surface area contributed by atoms with E-state index < -0.39 is 11.6 Å². The van der Waals surface area contributed by atoms with Crippen molar-refractivity contribution in [1.29, 1.82) is 0 Å². The lowest BCUT2D eigenvalue weighted by Crippen LogP contribution is -2.24. The number of hydrogen-bond donors (Lipinski definition) is 0. The van der Waals surface area contributed by atoms with Gasteiger partial charge >= 0.3 is 5.97 Å². The lowest BCUT2D eigenvalue weighted by atomic mass is 10.0. The fourth-order valence-electron chi connectivity index (χ4n) is 1.98. The summed E-state index contributed by atoms with van der Waals surface area (Å²) < 4.78 is 16.1. The number of halogens is 1. The fraction of sp³-hybridized carbons (Fsp3) is 0.375. The van der Waals surface area contributed by atoms with Crippen LogP contribution in [0, 0.1) is 0 Å². The number of methoxy groups -OCH3 is 1. The first-order chi connectivity index (χ1) is 10.4. The van der Waals surface area contributed by atoms with Gasteiger partial charge in [0.15, 0.2) is 5.76 Å². The highest BCUT2D eigenvalue weighted by Crippen LogP contribution is 2.34. The minimum atomic E-state index is -0.601. The third kappa shape index (κ3) is 3.50. The molecule has 1 heterocycles. The molecule has 6 heteroatoms. The van der Waals surface area contributed by atoms with Gasteiger partial charge in [-0.05, 0) is 32.9 Å². The largest absolute Gasteiger partial charge is 0.496 e. The highest BCUT2D eigenvalue weighted by atomic mass is 79.9. The molecule has 0 aliphatic carbocycles. The monoisotopic (exact) mass is 367 g/mol. The number of nitrogens with zero attached hydrogens (tertiary/aromatic N) is 1. The first-order valence-corrected chi connectivity index (χ1v) is 7.90. The van der Waals surface area contributed by atoms with Crippen LogP contribution < -0.4 is 4.74 Å². The van der Waals surface area contributed by atoms with E-state index in [4.69, 9.17) is 14.0 Å². The van der Waals surface area contributed by atoms with Crippen LogP contribution in [0.3, 0.4) is 0 Å². The zero-order chi connectivity index (χ0) is 16.3. The van der Waals surface area contributed by atoms with E-state index in [1.54, 1.807) is 13.2 Å². The molecule has 0 saturated heterocycles. The van der Waals surface area contributed by atoms with Gasteiger partial charge in [-0.2, -0.15) is 0 Å². The normalized spacial score (nSPS) is 11.3. The summed E-state index contributed by atoms with van der Waals surface area (Å²) in [6.07, 6.45) is 0. The van der Waals surface area contributed by atoms with E-state index in [2.05, 4.69) is 21.1 Å². The zero-order valence-electron chi connectivity index (χ0n) is 13.0. The van der Waals surface area contributed by atoms with E-state index in [1.165, 1.54) is 0 Å². The van der Waals surface area contributed by atoms with Crippen LogP contribution in [0.1, 0.15) is 36.9 Å². The molecule has 1 aromatic carbocycles. The average molecular weight is 368 g/mol. The molecule has 0 aliphatic heterocycles. The van der Waals surface area contributed by atoms with Crippen molar-refractivity contribution in [2.75, 3.05) is 7.11 Å². The van der Waals surface area contributed by atoms with Gasteiger partial charge in [0.25, 0.3) is 0 Å². The molecule has 1 aromatic heterocycles. The van der Waals surface area contributed by atoms with E-state index in [0.717, 1.165) is 0 Å². The molecule has 0 saturated carbocycles. The third-order valence-electron chi connectivity index (χ3n) is 2.85. The van der Waals surface area contributed by atoms with Gasteiger partial charge in [0.1, 0.15) is 22.6 Å². The van der Waals surface area contributed by atoms with Crippen LogP contribution >= 0.6 is 15.9 Å². The fourth-order valence-corrected chi connectivity index (χ4v) is 2.36. The second-order valence-corrected chi connectivity index (χ2v) is 6.23. The van der Waals surface area contributed by atoms with Crippen LogP contribution in [-0.2, 0) is 10.1 Å². The minimum absolute atomic E-state index is 0.316. The Hall–Kier alpha value is -1.82. The smallest absolute Gasteiger partial charge is 0.344 e. The number of ether oxygens (including phenoxy) is 2. The maximum absolute atomic E-state index is 12.5. The van der Waals surface area contributed by atoms with Gasteiger partial charge in [0.05, 0.1) is 12.4 Å². The number of carbonyl (C=O) groups is 1. The highest BCUT2D eigenvalue weighted by molar-refractivity contribution is 9.08. The first-order valence-electron chi connectivity index (χ1n) is 6.78. The summed E-state index contributed by atoms with van der Waals surface area (Å²) in [5.74, 6) is 0.570. The molecule has 0 atom stereocenters. The van der Waals surface area contributed by atoms with Crippen LogP contribution in [0.15, 0.2) is 28.8 Å². The number of aromatic nitrogens is 1. The van der Waals surface area contributed by atoms with E-state index in [-0.39, 0.29) is 0 Å². The Morgan fingerprint density at radius 1 is 1.32 bits per heavy atom. The number of alkyl halides is 1. The summed E-state index contributed by atoms with van der Waals surface area (Å²) in [6, 6.07) is 7.32. The lowest BCUT2D eigenvalue weighted by Gasteiger charge is -2.19. The summed E-state index contributed by atoms with van der Waals surface area (Å²) in [6.45, 7) is 5.44. The van der Waals surface area contributed by atoms with Crippen molar-refractivity contribution >= 4 is 21.9 Å². The zero-order valence-corrected chi connectivity index (χ0v) is 14.6. The van der Waals surface area contributed by atoms with Crippen LogP contribution in [0.5, 0.6) is 5.75 Å². The molecule has 118 valence electrons. The molecule has 22 heavy (non-hydrogen) atoms.